The molecule has 4 aromatic rings. The van der Waals surface area contributed by atoms with Gasteiger partial charge in [-0.15, -0.1) is 0 Å². The van der Waals surface area contributed by atoms with Crippen LogP contribution in [-0.2, 0) is 21.4 Å². The Bertz CT molecular complexity index is 1490. The van der Waals surface area contributed by atoms with Crippen molar-refractivity contribution in [3.05, 3.63) is 126 Å². The van der Waals surface area contributed by atoms with Crippen molar-refractivity contribution in [2.75, 3.05) is 10.8 Å². The van der Waals surface area contributed by atoms with Gasteiger partial charge in [-0.1, -0.05) is 48.0 Å². The summed E-state index contributed by atoms with van der Waals surface area (Å²) in [6.07, 6.45) is 1.45. The molecule has 0 bridgehead atoms. The number of carbonyl (C=O) groups excluding carboxylic acids is 1. The van der Waals surface area contributed by atoms with Crippen molar-refractivity contribution in [2.45, 2.75) is 18.4 Å². The largest absolute Gasteiger partial charge is 0.489 e. The topological polar surface area (TPSA) is 88.1 Å². The monoisotopic (exact) mass is 531 g/mol. The molecule has 0 unspecified atom stereocenters. The van der Waals surface area contributed by atoms with Gasteiger partial charge in [0, 0.05) is 0 Å². The van der Waals surface area contributed by atoms with E-state index in [1.807, 2.05) is 37.3 Å². The number of rotatable bonds is 10. The zero-order valence-corrected chi connectivity index (χ0v) is 21.4. The number of hydrogen-bond acceptors (Lipinski definition) is 5. The molecule has 0 aliphatic rings. The molecule has 7 nitrogen and oxygen atoms in total. The summed E-state index contributed by atoms with van der Waals surface area (Å²) >= 11 is 0. The molecule has 0 radical (unpaired) electrons. The molecule has 0 spiro atoms. The summed E-state index contributed by atoms with van der Waals surface area (Å²) in [6.45, 7) is 1.79. The number of carbonyl (C=O) groups is 1. The highest BCUT2D eigenvalue weighted by atomic mass is 32.2. The maximum Gasteiger partial charge on any atom is 0.264 e. The SMILES string of the molecule is Cc1ccc(N(CC(=O)N/N=C\c2ccc(OCc3ccccc3)cc2)S(=O)(=O)c2ccc(F)cc2)cc1. The van der Waals surface area contributed by atoms with Crippen LogP contribution in [-0.4, -0.2) is 27.1 Å². The number of hydrogen-bond donors (Lipinski definition) is 1. The average molecular weight is 532 g/mol. The van der Waals surface area contributed by atoms with Crippen LogP contribution in [0.5, 0.6) is 5.75 Å². The van der Waals surface area contributed by atoms with Crippen LogP contribution >= 0.6 is 0 Å². The first kappa shape index (κ1) is 26.6. The minimum atomic E-state index is -4.15. The number of nitrogens with zero attached hydrogens (tertiary/aromatic N) is 2. The Labute approximate surface area is 221 Å². The molecule has 4 aromatic carbocycles. The molecule has 0 heterocycles. The van der Waals surface area contributed by atoms with E-state index in [4.69, 9.17) is 4.74 Å². The van der Waals surface area contributed by atoms with Crippen molar-refractivity contribution in [1.29, 1.82) is 0 Å². The van der Waals surface area contributed by atoms with Crippen LogP contribution in [0.2, 0.25) is 0 Å². The molecule has 0 aliphatic carbocycles. The maximum absolute atomic E-state index is 13.4. The van der Waals surface area contributed by atoms with Crippen molar-refractivity contribution < 1.29 is 22.3 Å². The van der Waals surface area contributed by atoms with Gasteiger partial charge in [-0.05, 0) is 78.7 Å². The average Bonchev–Trinajstić information content (AvgIpc) is 2.93. The van der Waals surface area contributed by atoms with Gasteiger partial charge in [0.2, 0.25) is 0 Å². The molecule has 0 atom stereocenters. The van der Waals surface area contributed by atoms with Crippen LogP contribution in [0.4, 0.5) is 10.1 Å². The highest BCUT2D eigenvalue weighted by molar-refractivity contribution is 7.92. The third-order valence-electron chi connectivity index (χ3n) is 5.54. The molecule has 0 aromatic heterocycles. The summed E-state index contributed by atoms with van der Waals surface area (Å²) in [5, 5.41) is 3.96. The predicted molar refractivity (Wildman–Crippen MR) is 145 cm³/mol. The molecule has 0 saturated carbocycles. The van der Waals surface area contributed by atoms with Gasteiger partial charge in [0.1, 0.15) is 24.7 Å². The van der Waals surface area contributed by atoms with E-state index in [-0.39, 0.29) is 4.90 Å². The fourth-order valence-corrected chi connectivity index (χ4v) is 4.92. The number of sulfonamides is 1. The number of benzene rings is 4. The van der Waals surface area contributed by atoms with Crippen LogP contribution in [0, 0.1) is 12.7 Å². The second kappa shape index (κ2) is 12.2. The molecule has 1 amide bonds. The van der Waals surface area contributed by atoms with Gasteiger partial charge in [0.15, 0.2) is 0 Å². The van der Waals surface area contributed by atoms with Gasteiger partial charge < -0.3 is 4.74 Å². The lowest BCUT2D eigenvalue weighted by Gasteiger charge is -2.23. The maximum atomic E-state index is 13.4. The Kier molecular flexibility index (Phi) is 8.50. The van der Waals surface area contributed by atoms with E-state index in [2.05, 4.69) is 10.5 Å². The molecule has 194 valence electrons. The third kappa shape index (κ3) is 7.04. The van der Waals surface area contributed by atoms with Crippen LogP contribution < -0.4 is 14.5 Å². The first-order chi connectivity index (χ1) is 18.3. The lowest BCUT2D eigenvalue weighted by atomic mass is 10.2. The van der Waals surface area contributed by atoms with Crippen LogP contribution in [0.3, 0.4) is 0 Å². The van der Waals surface area contributed by atoms with Crippen molar-refractivity contribution >= 4 is 27.8 Å². The number of nitrogens with one attached hydrogen (secondary N) is 1. The number of hydrazone groups is 1. The predicted octanol–water partition coefficient (Wildman–Crippen LogP) is 5.06. The Hall–Kier alpha value is -4.50. The summed E-state index contributed by atoms with van der Waals surface area (Å²) in [5.74, 6) is -0.515. The number of halogens is 1. The van der Waals surface area contributed by atoms with Crippen molar-refractivity contribution in [3.63, 3.8) is 0 Å². The molecule has 0 fully saturated rings. The summed E-state index contributed by atoms with van der Waals surface area (Å²) in [5.41, 5.74) is 5.37. The van der Waals surface area contributed by atoms with Gasteiger partial charge in [0.05, 0.1) is 16.8 Å². The zero-order valence-electron chi connectivity index (χ0n) is 20.6. The molecule has 38 heavy (non-hydrogen) atoms. The molecular weight excluding hydrogens is 505 g/mol. The lowest BCUT2D eigenvalue weighted by Crippen LogP contribution is -2.39. The smallest absolute Gasteiger partial charge is 0.264 e. The molecule has 9 heteroatoms. The number of ether oxygens (including phenoxy) is 1. The minimum Gasteiger partial charge on any atom is -0.489 e. The van der Waals surface area contributed by atoms with Gasteiger partial charge in [0.25, 0.3) is 15.9 Å². The van der Waals surface area contributed by atoms with E-state index in [1.54, 1.807) is 48.5 Å². The van der Waals surface area contributed by atoms with E-state index in [1.165, 1.54) is 6.21 Å². The van der Waals surface area contributed by atoms with Gasteiger partial charge in [-0.2, -0.15) is 5.10 Å². The van der Waals surface area contributed by atoms with Gasteiger partial charge in [-0.3, -0.25) is 9.10 Å². The van der Waals surface area contributed by atoms with Crippen molar-refractivity contribution in [1.82, 2.24) is 5.43 Å². The number of amides is 1. The molecule has 0 aliphatic heterocycles. The molecule has 0 saturated heterocycles. The zero-order chi connectivity index (χ0) is 27.0. The van der Waals surface area contributed by atoms with Crippen LogP contribution in [0.15, 0.2) is 113 Å². The summed E-state index contributed by atoms with van der Waals surface area (Å²) in [4.78, 5) is 12.5. The van der Waals surface area contributed by atoms with Crippen LogP contribution in [0.1, 0.15) is 16.7 Å². The van der Waals surface area contributed by atoms with Crippen molar-refractivity contribution in [3.8, 4) is 5.75 Å². The Morgan fingerprint density at radius 1 is 0.921 bits per heavy atom. The van der Waals surface area contributed by atoms with E-state index < -0.39 is 28.3 Å². The highest BCUT2D eigenvalue weighted by Gasteiger charge is 2.27. The van der Waals surface area contributed by atoms with E-state index in [0.717, 1.165) is 39.7 Å². The second-order valence-electron chi connectivity index (χ2n) is 8.44. The van der Waals surface area contributed by atoms with E-state index in [0.29, 0.717) is 23.6 Å². The molecular formula is C29H26FN3O4S. The Morgan fingerprint density at radius 2 is 1.58 bits per heavy atom. The first-order valence-corrected chi connectivity index (χ1v) is 13.2. The standard InChI is InChI=1S/C29H26FN3O4S/c1-22-7-13-26(14-8-22)33(38(35,36)28-17-11-25(30)12-18-28)20-29(34)32-31-19-23-9-15-27(16-10-23)37-21-24-5-3-2-4-6-24/h2-19H,20-21H2,1H3,(H,32,34)/b31-19-. The Balaban J connectivity index is 1.41. The van der Waals surface area contributed by atoms with Gasteiger partial charge in [-0.25, -0.2) is 18.2 Å². The molecule has 1 N–H and O–H groups in total. The lowest BCUT2D eigenvalue weighted by molar-refractivity contribution is -0.119. The fraction of sp³-hybridized carbons (Fsp3) is 0.103. The van der Waals surface area contributed by atoms with E-state index >= 15 is 0 Å². The first-order valence-electron chi connectivity index (χ1n) is 11.7. The normalized spacial score (nSPS) is 11.3. The Morgan fingerprint density at radius 3 is 2.24 bits per heavy atom. The van der Waals surface area contributed by atoms with Crippen molar-refractivity contribution in [2.24, 2.45) is 5.10 Å². The minimum absolute atomic E-state index is 0.134. The number of anilines is 1. The third-order valence-corrected chi connectivity index (χ3v) is 7.33. The summed E-state index contributed by atoms with van der Waals surface area (Å²) in [6, 6.07) is 28.1. The number of aryl methyl sites for hydroxylation is 1. The fourth-order valence-electron chi connectivity index (χ4n) is 3.50. The second-order valence-corrected chi connectivity index (χ2v) is 10.3. The molecule has 4 rings (SSSR count). The summed E-state index contributed by atoms with van der Waals surface area (Å²) in [7, 11) is -4.15. The summed E-state index contributed by atoms with van der Waals surface area (Å²) < 4.78 is 46.7. The van der Waals surface area contributed by atoms with Gasteiger partial charge >= 0.3 is 0 Å². The van der Waals surface area contributed by atoms with Crippen LogP contribution in [0.25, 0.3) is 0 Å². The highest BCUT2D eigenvalue weighted by Crippen LogP contribution is 2.24. The van der Waals surface area contributed by atoms with E-state index in [9.17, 15) is 17.6 Å². The quantitative estimate of drug-likeness (QED) is 0.229.